The molecule has 5 nitrogen and oxygen atoms in total. The highest BCUT2D eigenvalue weighted by Crippen LogP contribution is 2.54. The summed E-state index contributed by atoms with van der Waals surface area (Å²) < 4.78 is 3.58. The van der Waals surface area contributed by atoms with Crippen LogP contribution in [0.2, 0.25) is 5.28 Å². The highest BCUT2D eigenvalue weighted by atomic mass is 35.5. The van der Waals surface area contributed by atoms with Gasteiger partial charge < -0.3 is 4.57 Å². The molecule has 2 heterocycles. The highest BCUT2D eigenvalue weighted by molar-refractivity contribution is 6.28. The van der Waals surface area contributed by atoms with Crippen LogP contribution < -0.4 is 5.56 Å². The molecule has 2 aromatic rings. The third-order valence-corrected chi connectivity index (χ3v) is 5.56. The van der Waals surface area contributed by atoms with E-state index in [1.54, 1.807) is 4.57 Å². The molecule has 2 aliphatic rings. The standard InChI is InChI=1S/C17H23ClN4O/c1-3-4-9-22-16(23)13-14(20-17(22)18)19-15(21(13)2)12(10-5-6-10)11-7-8-11/h10-12H,3-9H2,1-2H3. The summed E-state index contributed by atoms with van der Waals surface area (Å²) in [6.45, 7) is 2.72. The van der Waals surface area contributed by atoms with Gasteiger partial charge in [0.25, 0.3) is 5.56 Å². The predicted molar refractivity (Wildman–Crippen MR) is 90.9 cm³/mol. The number of halogens is 1. The summed E-state index contributed by atoms with van der Waals surface area (Å²) >= 11 is 6.24. The molecule has 0 saturated heterocycles. The summed E-state index contributed by atoms with van der Waals surface area (Å²) in [5.74, 6) is 3.03. The molecule has 4 rings (SSSR count). The fourth-order valence-corrected chi connectivity index (χ4v) is 3.94. The molecule has 0 aromatic carbocycles. The molecule has 2 fully saturated rings. The van der Waals surface area contributed by atoms with E-state index in [4.69, 9.17) is 16.6 Å². The van der Waals surface area contributed by atoms with E-state index in [-0.39, 0.29) is 10.8 Å². The second kappa shape index (κ2) is 5.62. The fourth-order valence-electron chi connectivity index (χ4n) is 3.70. The molecule has 124 valence electrons. The van der Waals surface area contributed by atoms with E-state index in [1.165, 1.54) is 25.7 Å². The molecular formula is C17H23ClN4O. The molecule has 0 aliphatic heterocycles. The summed E-state index contributed by atoms with van der Waals surface area (Å²) in [6, 6.07) is 0. The van der Waals surface area contributed by atoms with Crippen LogP contribution >= 0.6 is 11.6 Å². The molecule has 0 N–H and O–H groups in total. The van der Waals surface area contributed by atoms with Gasteiger partial charge in [0.2, 0.25) is 5.28 Å². The maximum Gasteiger partial charge on any atom is 0.280 e. The molecular weight excluding hydrogens is 312 g/mol. The topological polar surface area (TPSA) is 52.7 Å². The lowest BCUT2D eigenvalue weighted by atomic mass is 9.97. The maximum atomic E-state index is 12.9. The molecule has 2 saturated carbocycles. The summed E-state index contributed by atoms with van der Waals surface area (Å²) in [4.78, 5) is 22.0. The largest absolute Gasteiger partial charge is 0.325 e. The number of imidazole rings is 1. The Labute approximate surface area is 140 Å². The fraction of sp³-hybridized carbons (Fsp3) is 0.706. The first-order valence-electron chi connectivity index (χ1n) is 8.74. The minimum absolute atomic E-state index is 0.0555. The number of nitrogens with zero attached hydrogens (tertiary/aromatic N) is 4. The van der Waals surface area contributed by atoms with Gasteiger partial charge in [-0.25, -0.2) is 4.98 Å². The third kappa shape index (κ3) is 2.59. The lowest BCUT2D eigenvalue weighted by Gasteiger charge is -2.14. The van der Waals surface area contributed by atoms with Crippen LogP contribution in [0.25, 0.3) is 11.2 Å². The molecule has 0 amide bonds. The lowest BCUT2D eigenvalue weighted by molar-refractivity contribution is 0.496. The quantitative estimate of drug-likeness (QED) is 0.760. The number of rotatable bonds is 6. The number of aromatic nitrogens is 4. The number of unbranched alkanes of at least 4 members (excludes halogenated alkanes) is 1. The van der Waals surface area contributed by atoms with Crippen LogP contribution in [0, 0.1) is 11.8 Å². The van der Waals surface area contributed by atoms with Crippen molar-refractivity contribution in [3.8, 4) is 0 Å². The van der Waals surface area contributed by atoms with Gasteiger partial charge in [0, 0.05) is 19.5 Å². The van der Waals surface area contributed by atoms with Gasteiger partial charge in [0.15, 0.2) is 11.2 Å². The van der Waals surface area contributed by atoms with Crippen molar-refractivity contribution in [3.63, 3.8) is 0 Å². The van der Waals surface area contributed by atoms with Gasteiger partial charge in [0.1, 0.15) is 5.82 Å². The summed E-state index contributed by atoms with van der Waals surface area (Å²) in [5, 5.41) is 0.259. The second-order valence-electron chi connectivity index (χ2n) is 7.09. The monoisotopic (exact) mass is 334 g/mol. The maximum absolute atomic E-state index is 12.9. The smallest absolute Gasteiger partial charge is 0.280 e. The third-order valence-electron chi connectivity index (χ3n) is 5.27. The van der Waals surface area contributed by atoms with Crippen molar-refractivity contribution in [2.24, 2.45) is 18.9 Å². The molecule has 0 atom stereocenters. The van der Waals surface area contributed by atoms with Crippen molar-refractivity contribution in [1.29, 1.82) is 0 Å². The van der Waals surface area contributed by atoms with Crippen LogP contribution in [0.1, 0.15) is 57.2 Å². The number of hydrogen-bond donors (Lipinski definition) is 0. The van der Waals surface area contributed by atoms with Crippen LogP contribution in [-0.2, 0) is 13.6 Å². The van der Waals surface area contributed by atoms with E-state index >= 15 is 0 Å². The average Bonchev–Trinajstić information content (AvgIpc) is 3.41. The van der Waals surface area contributed by atoms with Gasteiger partial charge in [-0.1, -0.05) is 13.3 Å². The van der Waals surface area contributed by atoms with Crippen LogP contribution in [0.5, 0.6) is 0 Å². The zero-order valence-corrected chi connectivity index (χ0v) is 14.5. The van der Waals surface area contributed by atoms with Crippen molar-refractivity contribution < 1.29 is 0 Å². The Morgan fingerprint density at radius 3 is 2.43 bits per heavy atom. The first-order valence-corrected chi connectivity index (χ1v) is 9.12. The summed E-state index contributed by atoms with van der Waals surface area (Å²) in [7, 11) is 1.96. The minimum atomic E-state index is -0.0555. The average molecular weight is 335 g/mol. The number of aryl methyl sites for hydroxylation is 1. The number of hydrogen-bond acceptors (Lipinski definition) is 3. The van der Waals surface area contributed by atoms with Gasteiger partial charge >= 0.3 is 0 Å². The van der Waals surface area contributed by atoms with Crippen molar-refractivity contribution >= 4 is 22.8 Å². The van der Waals surface area contributed by atoms with Crippen molar-refractivity contribution in [2.75, 3.05) is 0 Å². The Kier molecular flexibility index (Phi) is 3.71. The van der Waals surface area contributed by atoms with Crippen LogP contribution in [0.15, 0.2) is 4.79 Å². The first-order chi connectivity index (χ1) is 11.1. The van der Waals surface area contributed by atoms with Gasteiger partial charge in [-0.15, -0.1) is 0 Å². The SMILES string of the molecule is CCCCn1c(Cl)nc2nc(C(C3CC3)C3CC3)n(C)c2c1=O. The van der Waals surface area contributed by atoms with Crippen LogP contribution in [0.3, 0.4) is 0 Å². The summed E-state index contributed by atoms with van der Waals surface area (Å²) in [5.41, 5.74) is 1.06. The molecule has 0 spiro atoms. The highest BCUT2D eigenvalue weighted by Gasteiger charge is 2.44. The van der Waals surface area contributed by atoms with E-state index in [0.29, 0.717) is 23.6 Å². The predicted octanol–water partition coefficient (Wildman–Crippen LogP) is 3.49. The Morgan fingerprint density at radius 1 is 1.22 bits per heavy atom. The molecule has 2 aliphatic carbocycles. The van der Waals surface area contributed by atoms with Crippen molar-refractivity contribution in [2.45, 2.75) is 57.9 Å². The van der Waals surface area contributed by atoms with E-state index in [0.717, 1.165) is 30.5 Å². The molecule has 6 heteroatoms. The Hall–Kier alpha value is -1.36. The minimum Gasteiger partial charge on any atom is -0.325 e. The molecule has 0 radical (unpaired) electrons. The second-order valence-corrected chi connectivity index (χ2v) is 7.43. The van der Waals surface area contributed by atoms with Crippen LogP contribution in [-0.4, -0.2) is 19.1 Å². The molecule has 2 aromatic heterocycles. The normalized spacial score (nSPS) is 18.3. The van der Waals surface area contributed by atoms with E-state index < -0.39 is 0 Å². The van der Waals surface area contributed by atoms with Gasteiger partial charge in [0.05, 0.1) is 0 Å². The van der Waals surface area contributed by atoms with Gasteiger partial charge in [-0.3, -0.25) is 9.36 Å². The Balaban J connectivity index is 1.84. The Morgan fingerprint density at radius 2 is 1.87 bits per heavy atom. The van der Waals surface area contributed by atoms with Gasteiger partial charge in [-0.05, 0) is 55.5 Å². The lowest BCUT2D eigenvalue weighted by Crippen LogP contribution is -2.24. The van der Waals surface area contributed by atoms with Crippen LogP contribution in [0.4, 0.5) is 0 Å². The van der Waals surface area contributed by atoms with E-state index in [2.05, 4.69) is 11.9 Å². The summed E-state index contributed by atoms with van der Waals surface area (Å²) in [6.07, 6.45) is 7.10. The Bertz CT molecular complexity index is 789. The van der Waals surface area contributed by atoms with E-state index in [1.807, 2.05) is 11.6 Å². The molecule has 0 unspecified atom stereocenters. The van der Waals surface area contributed by atoms with E-state index in [9.17, 15) is 4.79 Å². The zero-order valence-electron chi connectivity index (χ0n) is 13.8. The zero-order chi connectivity index (χ0) is 16.1. The van der Waals surface area contributed by atoms with Crippen molar-refractivity contribution in [1.82, 2.24) is 19.1 Å². The molecule has 23 heavy (non-hydrogen) atoms. The first kappa shape index (κ1) is 15.2. The number of fused-ring (bicyclic) bond motifs is 1. The van der Waals surface area contributed by atoms with Gasteiger partial charge in [-0.2, -0.15) is 4.98 Å². The van der Waals surface area contributed by atoms with Crippen molar-refractivity contribution in [3.05, 3.63) is 21.5 Å². The molecule has 0 bridgehead atoms.